The lowest BCUT2D eigenvalue weighted by atomic mass is 9.82. The van der Waals surface area contributed by atoms with Gasteiger partial charge >= 0.3 is 0 Å². The van der Waals surface area contributed by atoms with Gasteiger partial charge in [-0.25, -0.2) is 4.98 Å². The average molecular weight is 280 g/mol. The summed E-state index contributed by atoms with van der Waals surface area (Å²) in [5.41, 5.74) is 0. The summed E-state index contributed by atoms with van der Waals surface area (Å²) in [6, 6.07) is 0.906. The lowest BCUT2D eigenvalue weighted by Gasteiger charge is -2.33. The first-order valence-corrected chi connectivity index (χ1v) is 7.99. The van der Waals surface area contributed by atoms with Crippen LogP contribution in [-0.2, 0) is 6.54 Å². The number of aliphatic hydroxyl groups is 1. The van der Waals surface area contributed by atoms with Crippen LogP contribution in [0.3, 0.4) is 0 Å². The fourth-order valence-corrected chi connectivity index (χ4v) is 3.25. The van der Waals surface area contributed by atoms with Crippen molar-refractivity contribution in [2.24, 2.45) is 5.92 Å². The van der Waals surface area contributed by atoms with E-state index < -0.39 is 0 Å². The summed E-state index contributed by atoms with van der Waals surface area (Å²) in [5.74, 6) is 0.740. The molecule has 1 aromatic rings. The zero-order valence-corrected chi connectivity index (χ0v) is 12.5. The molecule has 5 heteroatoms. The average Bonchev–Trinajstić information content (AvgIpc) is 2.99. The zero-order chi connectivity index (χ0) is 14.2. The Morgan fingerprint density at radius 1 is 1.30 bits per heavy atom. The summed E-state index contributed by atoms with van der Waals surface area (Å²) in [5, 5.41) is 17.2. The van der Waals surface area contributed by atoms with E-state index in [4.69, 9.17) is 0 Å². The van der Waals surface area contributed by atoms with Gasteiger partial charge in [-0.15, -0.1) is 0 Å². The van der Waals surface area contributed by atoms with Crippen molar-refractivity contribution in [1.29, 1.82) is 0 Å². The van der Waals surface area contributed by atoms with Gasteiger partial charge in [-0.05, 0) is 38.5 Å². The molecule has 1 saturated carbocycles. The molecule has 2 rings (SSSR count). The Balaban J connectivity index is 1.77. The summed E-state index contributed by atoms with van der Waals surface area (Å²) in [6.07, 6.45) is 12.0. The molecule has 1 fully saturated rings. The van der Waals surface area contributed by atoms with E-state index >= 15 is 0 Å². The predicted molar refractivity (Wildman–Crippen MR) is 79.3 cm³/mol. The normalized spacial score (nSPS) is 19.9. The highest BCUT2D eigenvalue weighted by molar-refractivity contribution is 4.81. The van der Waals surface area contributed by atoms with Crippen molar-refractivity contribution in [2.45, 2.75) is 70.5 Å². The smallest absolute Gasteiger partial charge is 0.137 e. The number of aliphatic hydroxyl groups excluding tert-OH is 1. The van der Waals surface area contributed by atoms with E-state index in [0.29, 0.717) is 12.1 Å². The SMILES string of the molecule is CC(CCn1cncn1)NC(CCO)C1CCCCC1. The summed E-state index contributed by atoms with van der Waals surface area (Å²) < 4.78 is 1.87. The fourth-order valence-electron chi connectivity index (χ4n) is 3.25. The third kappa shape index (κ3) is 4.87. The molecule has 1 heterocycles. The van der Waals surface area contributed by atoms with Gasteiger partial charge in [-0.3, -0.25) is 4.68 Å². The van der Waals surface area contributed by atoms with E-state index in [-0.39, 0.29) is 6.61 Å². The minimum atomic E-state index is 0.282. The fraction of sp³-hybridized carbons (Fsp3) is 0.867. The summed E-state index contributed by atoms with van der Waals surface area (Å²) in [7, 11) is 0. The Morgan fingerprint density at radius 3 is 2.75 bits per heavy atom. The van der Waals surface area contributed by atoms with E-state index in [1.807, 2.05) is 4.68 Å². The van der Waals surface area contributed by atoms with Crippen molar-refractivity contribution in [3.63, 3.8) is 0 Å². The second kappa shape index (κ2) is 8.37. The first kappa shape index (κ1) is 15.4. The maximum absolute atomic E-state index is 9.30. The van der Waals surface area contributed by atoms with Gasteiger partial charge in [-0.2, -0.15) is 5.10 Å². The van der Waals surface area contributed by atoms with E-state index in [9.17, 15) is 5.11 Å². The maximum Gasteiger partial charge on any atom is 0.137 e. The minimum Gasteiger partial charge on any atom is -0.396 e. The van der Waals surface area contributed by atoms with Crippen molar-refractivity contribution in [3.05, 3.63) is 12.7 Å². The molecule has 0 aromatic carbocycles. The van der Waals surface area contributed by atoms with Gasteiger partial charge in [0, 0.05) is 25.2 Å². The second-order valence-corrected chi connectivity index (χ2v) is 6.03. The molecule has 1 aliphatic rings. The topological polar surface area (TPSA) is 63.0 Å². The van der Waals surface area contributed by atoms with Gasteiger partial charge in [0.15, 0.2) is 0 Å². The lowest BCUT2D eigenvalue weighted by molar-refractivity contribution is 0.195. The molecule has 0 saturated heterocycles. The van der Waals surface area contributed by atoms with Gasteiger partial charge in [-0.1, -0.05) is 19.3 Å². The van der Waals surface area contributed by atoms with Crippen LogP contribution in [0.15, 0.2) is 12.7 Å². The van der Waals surface area contributed by atoms with Crippen LogP contribution in [0.4, 0.5) is 0 Å². The van der Waals surface area contributed by atoms with Gasteiger partial charge in [0.1, 0.15) is 12.7 Å². The quantitative estimate of drug-likeness (QED) is 0.764. The largest absolute Gasteiger partial charge is 0.396 e. The number of hydrogen-bond donors (Lipinski definition) is 2. The van der Waals surface area contributed by atoms with Crippen LogP contribution in [0.1, 0.15) is 51.9 Å². The molecule has 114 valence electrons. The molecular weight excluding hydrogens is 252 g/mol. The molecule has 0 spiro atoms. The Kier molecular flexibility index (Phi) is 6.47. The Bertz CT molecular complexity index is 349. The van der Waals surface area contributed by atoms with Crippen molar-refractivity contribution in [3.8, 4) is 0 Å². The predicted octanol–water partition coefficient (Wildman–Crippen LogP) is 1.98. The number of nitrogens with zero attached hydrogens (tertiary/aromatic N) is 3. The highest BCUT2D eigenvalue weighted by Crippen LogP contribution is 2.28. The first-order valence-electron chi connectivity index (χ1n) is 7.99. The van der Waals surface area contributed by atoms with Crippen LogP contribution in [0.25, 0.3) is 0 Å². The van der Waals surface area contributed by atoms with Crippen molar-refractivity contribution in [1.82, 2.24) is 20.1 Å². The van der Waals surface area contributed by atoms with Crippen molar-refractivity contribution >= 4 is 0 Å². The molecule has 5 nitrogen and oxygen atoms in total. The molecule has 0 radical (unpaired) electrons. The number of aromatic nitrogens is 3. The number of hydrogen-bond acceptors (Lipinski definition) is 4. The molecule has 0 aliphatic heterocycles. The van der Waals surface area contributed by atoms with Crippen LogP contribution in [0.2, 0.25) is 0 Å². The number of nitrogens with one attached hydrogen (secondary N) is 1. The molecule has 2 N–H and O–H groups in total. The monoisotopic (exact) mass is 280 g/mol. The third-order valence-corrected chi connectivity index (χ3v) is 4.42. The maximum atomic E-state index is 9.30. The van der Waals surface area contributed by atoms with Crippen molar-refractivity contribution in [2.75, 3.05) is 6.61 Å². The molecular formula is C15H28N4O. The molecule has 1 aliphatic carbocycles. The molecule has 0 amide bonds. The van der Waals surface area contributed by atoms with Gasteiger partial charge in [0.05, 0.1) is 0 Å². The van der Waals surface area contributed by atoms with Crippen LogP contribution in [0.5, 0.6) is 0 Å². The molecule has 2 unspecified atom stereocenters. The molecule has 1 aromatic heterocycles. The molecule has 20 heavy (non-hydrogen) atoms. The molecule has 2 atom stereocenters. The highest BCUT2D eigenvalue weighted by atomic mass is 16.3. The van der Waals surface area contributed by atoms with Gasteiger partial charge in [0.25, 0.3) is 0 Å². The number of aryl methyl sites for hydroxylation is 1. The Hall–Kier alpha value is -0.940. The van der Waals surface area contributed by atoms with Crippen molar-refractivity contribution < 1.29 is 5.11 Å². The number of rotatable bonds is 8. The van der Waals surface area contributed by atoms with Crippen LogP contribution < -0.4 is 5.32 Å². The highest BCUT2D eigenvalue weighted by Gasteiger charge is 2.24. The lowest BCUT2D eigenvalue weighted by Crippen LogP contribution is -2.43. The standard InChI is InChI=1S/C15H28N4O/c1-13(7-9-19-12-16-11-17-19)18-15(8-10-20)14-5-3-2-4-6-14/h11-15,18,20H,2-10H2,1H3. The van der Waals surface area contributed by atoms with Gasteiger partial charge < -0.3 is 10.4 Å². The third-order valence-electron chi connectivity index (χ3n) is 4.42. The Morgan fingerprint density at radius 2 is 2.10 bits per heavy atom. The van der Waals surface area contributed by atoms with E-state index in [1.54, 1.807) is 12.7 Å². The van der Waals surface area contributed by atoms with E-state index in [2.05, 4.69) is 22.3 Å². The molecule has 0 bridgehead atoms. The first-order chi connectivity index (χ1) is 9.79. The minimum absolute atomic E-state index is 0.282. The second-order valence-electron chi connectivity index (χ2n) is 6.03. The summed E-state index contributed by atoms with van der Waals surface area (Å²) in [6.45, 7) is 3.40. The van der Waals surface area contributed by atoms with Crippen LogP contribution >= 0.6 is 0 Å². The van der Waals surface area contributed by atoms with Gasteiger partial charge in [0.2, 0.25) is 0 Å². The van der Waals surface area contributed by atoms with E-state index in [1.165, 1.54) is 32.1 Å². The summed E-state index contributed by atoms with van der Waals surface area (Å²) >= 11 is 0. The van der Waals surface area contributed by atoms with E-state index in [0.717, 1.165) is 25.3 Å². The summed E-state index contributed by atoms with van der Waals surface area (Å²) in [4.78, 5) is 3.96. The van der Waals surface area contributed by atoms with Crippen LogP contribution in [0, 0.1) is 5.92 Å². The Labute approximate surface area is 121 Å². The van der Waals surface area contributed by atoms with Crippen LogP contribution in [-0.4, -0.2) is 38.6 Å². The zero-order valence-electron chi connectivity index (χ0n) is 12.5.